The number of aromatic nitrogens is 4. The van der Waals surface area contributed by atoms with Crippen LogP contribution in [0, 0.1) is 0 Å². The number of carboxylic acid groups (broad SMARTS) is 1. The fourth-order valence-corrected chi connectivity index (χ4v) is 4.62. The van der Waals surface area contributed by atoms with E-state index in [0.29, 0.717) is 22.7 Å². The van der Waals surface area contributed by atoms with Gasteiger partial charge in [-0.1, -0.05) is 0 Å². The number of carbonyl (C=O) groups excluding carboxylic acids is 1. The zero-order valence-corrected chi connectivity index (χ0v) is 15.5. The molecule has 2 aromatic heterocycles. The summed E-state index contributed by atoms with van der Waals surface area (Å²) in [6, 6.07) is -1.02. The second-order valence-electron chi connectivity index (χ2n) is 6.50. The predicted octanol–water partition coefficient (Wildman–Crippen LogP) is -3.26. The molecule has 0 spiro atoms. The fourth-order valence-electron chi connectivity index (χ4n) is 2.96. The third-order valence-corrected chi connectivity index (χ3v) is 6.36. The molecule has 6 N–H and O–H groups in total. The van der Waals surface area contributed by atoms with Gasteiger partial charge in [0.2, 0.25) is 0 Å². The second kappa shape index (κ2) is 7.94. The second-order valence-corrected chi connectivity index (χ2v) is 8.80. The summed E-state index contributed by atoms with van der Waals surface area (Å²) < 4.78 is 7.39. The molecule has 6 atom stereocenters. The minimum absolute atomic E-state index is 0.211. The van der Waals surface area contributed by atoms with Gasteiger partial charge in [-0.05, 0) is 10.9 Å². The van der Waals surface area contributed by atoms with Gasteiger partial charge < -0.3 is 36.3 Å². The molecule has 27 heavy (non-hydrogen) atoms. The Hall–Kier alpha value is -1.99. The van der Waals surface area contributed by atoms with Crippen molar-refractivity contribution in [3.63, 3.8) is 0 Å². The van der Waals surface area contributed by atoms with Crippen LogP contribution in [0.5, 0.6) is 0 Å². The minimum atomic E-state index is -1.28. The molecule has 0 aromatic carbocycles. The van der Waals surface area contributed by atoms with E-state index in [9.17, 15) is 20.1 Å². The number of nitrogen functional groups attached to an aromatic ring is 1. The van der Waals surface area contributed by atoms with E-state index in [2.05, 4.69) is 15.0 Å². The number of hydrogen-bond acceptors (Lipinski definition) is 10. The number of ether oxygens (including phenoxy) is 1. The molecular weight excluding hydrogens is 376 g/mol. The van der Waals surface area contributed by atoms with Gasteiger partial charge in [0.1, 0.15) is 41.7 Å². The largest absolute Gasteiger partial charge is 0.548 e. The van der Waals surface area contributed by atoms with Crippen molar-refractivity contribution in [2.45, 2.75) is 37.0 Å². The van der Waals surface area contributed by atoms with Crippen molar-refractivity contribution in [2.75, 3.05) is 23.5 Å². The van der Waals surface area contributed by atoms with Crippen LogP contribution in [-0.4, -0.2) is 77.8 Å². The van der Waals surface area contributed by atoms with Gasteiger partial charge in [-0.3, -0.25) is 4.57 Å². The molecule has 0 radical (unpaired) electrons. The van der Waals surface area contributed by atoms with Crippen LogP contribution < -0.4 is 16.6 Å². The number of aliphatic carboxylic acids is 1. The summed E-state index contributed by atoms with van der Waals surface area (Å²) in [5, 5.41) is 31.5. The van der Waals surface area contributed by atoms with Crippen LogP contribution in [0.1, 0.15) is 12.6 Å². The Bertz CT molecular complexity index is 819. The molecule has 0 bridgehead atoms. The van der Waals surface area contributed by atoms with E-state index in [1.807, 2.05) is 6.26 Å². The molecule has 1 aliphatic rings. The number of hydrogen-bond donors (Lipinski definition) is 4. The van der Waals surface area contributed by atoms with Crippen LogP contribution in [0.25, 0.3) is 11.2 Å². The van der Waals surface area contributed by atoms with Crippen LogP contribution >= 0.6 is 0 Å². The number of anilines is 1. The summed E-state index contributed by atoms with van der Waals surface area (Å²) in [5.74, 6) is -0.0611. The number of nitrogens with zero attached hydrogens (tertiary/aromatic N) is 4. The number of fused-ring (bicyclic) bond motifs is 1. The van der Waals surface area contributed by atoms with Crippen LogP contribution in [0.15, 0.2) is 12.7 Å². The van der Waals surface area contributed by atoms with Gasteiger partial charge in [0.15, 0.2) is 17.7 Å². The van der Waals surface area contributed by atoms with Gasteiger partial charge in [-0.15, -0.1) is 0 Å². The summed E-state index contributed by atoms with van der Waals surface area (Å²) in [7, 11) is -0.263. The van der Waals surface area contributed by atoms with Crippen molar-refractivity contribution in [3.05, 3.63) is 12.7 Å². The third kappa shape index (κ3) is 3.99. The molecular formula is C15H22N6O5S. The number of carbonyl (C=O) groups is 1. The van der Waals surface area contributed by atoms with Gasteiger partial charge in [-0.25, -0.2) is 15.0 Å². The molecule has 1 aliphatic heterocycles. The Morgan fingerprint density at radius 3 is 2.85 bits per heavy atom. The first-order valence-electron chi connectivity index (χ1n) is 8.29. The van der Waals surface area contributed by atoms with Crippen molar-refractivity contribution in [1.82, 2.24) is 19.5 Å². The van der Waals surface area contributed by atoms with E-state index in [1.54, 1.807) is 0 Å². The topological polar surface area (TPSA) is 185 Å². The number of aliphatic hydroxyl groups is 2. The van der Waals surface area contributed by atoms with E-state index in [0.717, 1.165) is 0 Å². The predicted molar refractivity (Wildman–Crippen MR) is 96.3 cm³/mol. The lowest BCUT2D eigenvalue weighted by Crippen LogP contribution is -2.43. The Morgan fingerprint density at radius 1 is 1.41 bits per heavy atom. The molecule has 2 aromatic rings. The lowest BCUT2D eigenvalue weighted by Gasteiger charge is -2.16. The van der Waals surface area contributed by atoms with E-state index >= 15 is 0 Å². The van der Waals surface area contributed by atoms with Crippen LogP contribution in [0.2, 0.25) is 0 Å². The quantitative estimate of drug-likeness (QED) is 0.345. The highest BCUT2D eigenvalue weighted by molar-refractivity contribution is 7.96. The standard InChI is InChI=1S/C15H22N6O5S/c1-27(3-2-7(16)15(24)25)4-8-10(22)11(23)14(26-8)21-6-20-9-12(17)18-5-19-13(9)21/h5-8,10-11,14,22-23H,2-4,16H2,1H3,(H2-,17,18,19,24,25)/t7-,8-,10?,11?,14-,27?/m1/s1. The van der Waals surface area contributed by atoms with Crippen molar-refractivity contribution < 1.29 is 24.9 Å². The molecule has 3 unspecified atom stereocenters. The highest BCUT2D eigenvalue weighted by atomic mass is 32.2. The lowest BCUT2D eigenvalue weighted by atomic mass is 10.1. The smallest absolute Gasteiger partial charge is 0.167 e. The van der Waals surface area contributed by atoms with Crippen molar-refractivity contribution in [3.8, 4) is 0 Å². The normalized spacial score (nSPS) is 27.7. The Morgan fingerprint density at radius 2 is 2.15 bits per heavy atom. The van der Waals surface area contributed by atoms with Gasteiger partial charge >= 0.3 is 0 Å². The van der Waals surface area contributed by atoms with Crippen LogP contribution in [0.3, 0.4) is 0 Å². The van der Waals surface area contributed by atoms with Crippen molar-refractivity contribution in [2.24, 2.45) is 5.73 Å². The van der Waals surface area contributed by atoms with Gasteiger partial charge in [0.05, 0.1) is 18.6 Å². The number of imidazole rings is 1. The molecule has 148 valence electrons. The Balaban J connectivity index is 1.68. The fraction of sp³-hybridized carbons (Fsp3) is 0.600. The molecule has 12 heteroatoms. The maximum atomic E-state index is 10.7. The molecule has 0 saturated carbocycles. The van der Waals surface area contributed by atoms with Gasteiger partial charge in [0.25, 0.3) is 0 Å². The highest BCUT2D eigenvalue weighted by Crippen LogP contribution is 2.32. The number of carboxylic acids is 1. The van der Waals surface area contributed by atoms with Gasteiger partial charge in [0, 0.05) is 12.5 Å². The summed E-state index contributed by atoms with van der Waals surface area (Å²) >= 11 is 0. The molecule has 0 aliphatic carbocycles. The summed E-state index contributed by atoms with van der Waals surface area (Å²) in [6.45, 7) is 0. The maximum Gasteiger partial charge on any atom is 0.167 e. The van der Waals surface area contributed by atoms with E-state index < -0.39 is 36.6 Å². The zero-order valence-electron chi connectivity index (χ0n) is 14.6. The Labute approximate surface area is 157 Å². The lowest BCUT2D eigenvalue weighted by molar-refractivity contribution is -0.307. The number of aliphatic hydroxyl groups excluding tert-OH is 2. The molecule has 11 nitrogen and oxygen atoms in total. The van der Waals surface area contributed by atoms with Gasteiger partial charge in [-0.2, -0.15) is 0 Å². The monoisotopic (exact) mass is 398 g/mol. The summed E-state index contributed by atoms with van der Waals surface area (Å²) in [5.41, 5.74) is 12.0. The summed E-state index contributed by atoms with van der Waals surface area (Å²) in [4.78, 5) is 22.8. The number of rotatable bonds is 7. The van der Waals surface area contributed by atoms with Crippen molar-refractivity contribution in [1.29, 1.82) is 0 Å². The molecule has 3 rings (SSSR count). The zero-order chi connectivity index (χ0) is 19.7. The SMILES string of the molecule is C[S+](CC[C@@H](N)C(=O)[O-])C[C@H]1O[C@@H](n2cnc3c(N)ncnc32)C(O)C1O. The average Bonchev–Trinajstić information content (AvgIpc) is 3.17. The highest BCUT2D eigenvalue weighted by Gasteiger charge is 2.46. The van der Waals surface area contributed by atoms with Crippen LogP contribution in [0.4, 0.5) is 5.82 Å². The Kier molecular flexibility index (Phi) is 5.81. The average molecular weight is 398 g/mol. The minimum Gasteiger partial charge on any atom is -0.548 e. The first-order chi connectivity index (χ1) is 12.8. The molecule has 0 amide bonds. The third-order valence-electron chi connectivity index (χ3n) is 4.53. The molecule has 3 heterocycles. The van der Waals surface area contributed by atoms with E-state index in [4.69, 9.17) is 16.2 Å². The summed E-state index contributed by atoms with van der Waals surface area (Å²) in [6.07, 6.45) is 1.17. The van der Waals surface area contributed by atoms with E-state index in [-0.39, 0.29) is 23.1 Å². The first kappa shape index (κ1) is 19.8. The maximum absolute atomic E-state index is 10.7. The van der Waals surface area contributed by atoms with E-state index in [1.165, 1.54) is 17.2 Å². The first-order valence-corrected chi connectivity index (χ1v) is 10.3. The molecule has 1 fully saturated rings. The van der Waals surface area contributed by atoms with Crippen molar-refractivity contribution >= 4 is 33.8 Å². The van der Waals surface area contributed by atoms with Crippen LogP contribution in [-0.2, 0) is 20.4 Å². The number of nitrogens with two attached hydrogens (primary N) is 2. The molecule has 1 saturated heterocycles.